The maximum Gasteiger partial charge on any atom is 0.435 e. The lowest BCUT2D eigenvalue weighted by atomic mass is 10.1. The molecule has 0 heterocycles. The van der Waals surface area contributed by atoms with Gasteiger partial charge in [0.15, 0.2) is 6.04 Å². The summed E-state index contributed by atoms with van der Waals surface area (Å²) < 4.78 is 4.88. The molecule has 6 nitrogen and oxygen atoms in total. The summed E-state index contributed by atoms with van der Waals surface area (Å²) in [7, 11) is 0. The number of aliphatic carboxylic acids is 1. The molecule has 2 N–H and O–H groups in total. The zero-order chi connectivity index (χ0) is 13.6. The number of carbonyl (C=O) groups is 2. The van der Waals surface area contributed by atoms with Crippen molar-refractivity contribution >= 4 is 12.1 Å². The van der Waals surface area contributed by atoms with Gasteiger partial charge in [-0.25, -0.2) is 9.59 Å². The van der Waals surface area contributed by atoms with Gasteiger partial charge in [0, 0.05) is 0 Å². The Morgan fingerprint density at radius 1 is 1.35 bits per heavy atom. The van der Waals surface area contributed by atoms with Crippen LogP contribution in [0.15, 0.2) is 0 Å². The number of carboxylic acid groups (broad SMARTS) is 1. The zero-order valence-electron chi connectivity index (χ0n) is 10.8. The second-order valence-electron chi connectivity index (χ2n) is 4.82. The van der Waals surface area contributed by atoms with Gasteiger partial charge < -0.3 is 9.84 Å². The maximum absolute atomic E-state index is 11.5. The highest BCUT2D eigenvalue weighted by molar-refractivity contribution is 5.79. The molecule has 0 saturated heterocycles. The Hall–Kier alpha value is -1.30. The lowest BCUT2D eigenvalue weighted by molar-refractivity contribution is -0.165. The van der Waals surface area contributed by atoms with Crippen LogP contribution in [0.5, 0.6) is 0 Å². The number of amides is 1. The number of carbonyl (C=O) groups excluding carboxylic acids is 1. The third kappa shape index (κ3) is 6.11. The van der Waals surface area contributed by atoms with Crippen molar-refractivity contribution in [1.29, 1.82) is 0 Å². The van der Waals surface area contributed by atoms with Gasteiger partial charge in [0.05, 0.1) is 0 Å². The van der Waals surface area contributed by atoms with Crippen molar-refractivity contribution in [1.82, 2.24) is 5.06 Å². The minimum absolute atomic E-state index is 0.156. The van der Waals surface area contributed by atoms with Crippen molar-refractivity contribution in [2.45, 2.75) is 58.6 Å². The summed E-state index contributed by atoms with van der Waals surface area (Å²) in [6, 6.07) is -1.26. The number of unbranched alkanes of at least 4 members (excludes halogenated alkanes) is 1. The molecule has 0 aromatic rings. The molecule has 17 heavy (non-hydrogen) atoms. The number of hydrogen-bond donors (Lipinski definition) is 2. The molecule has 0 aromatic heterocycles. The van der Waals surface area contributed by atoms with Gasteiger partial charge in [-0.2, -0.15) is 5.06 Å². The molecule has 0 aromatic carbocycles. The minimum atomic E-state index is -1.26. The average molecular weight is 247 g/mol. The highest BCUT2D eigenvalue weighted by Gasteiger charge is 2.31. The third-order valence-electron chi connectivity index (χ3n) is 1.99. The molecule has 100 valence electrons. The molecule has 0 fully saturated rings. The molecule has 0 bridgehead atoms. The van der Waals surface area contributed by atoms with E-state index in [0.717, 1.165) is 6.42 Å². The normalized spacial score (nSPS) is 13.0. The topological polar surface area (TPSA) is 87.1 Å². The molecule has 0 aliphatic rings. The third-order valence-corrected chi connectivity index (χ3v) is 1.99. The molecule has 1 amide bonds. The molecule has 0 rings (SSSR count). The van der Waals surface area contributed by atoms with Gasteiger partial charge in [0.1, 0.15) is 5.60 Å². The van der Waals surface area contributed by atoms with Crippen molar-refractivity contribution in [2.75, 3.05) is 0 Å². The first-order valence-corrected chi connectivity index (χ1v) is 5.63. The molecule has 0 radical (unpaired) electrons. The van der Waals surface area contributed by atoms with E-state index in [2.05, 4.69) is 0 Å². The van der Waals surface area contributed by atoms with Crippen LogP contribution < -0.4 is 0 Å². The zero-order valence-corrected chi connectivity index (χ0v) is 10.8. The van der Waals surface area contributed by atoms with Crippen LogP contribution in [0.4, 0.5) is 4.79 Å². The quantitative estimate of drug-likeness (QED) is 0.574. The average Bonchev–Trinajstić information content (AvgIpc) is 2.14. The minimum Gasteiger partial charge on any atom is -0.480 e. The first-order chi connectivity index (χ1) is 7.69. The van der Waals surface area contributed by atoms with Gasteiger partial charge in [0.2, 0.25) is 0 Å². The fourth-order valence-electron chi connectivity index (χ4n) is 1.18. The molecule has 0 spiro atoms. The maximum atomic E-state index is 11.5. The number of rotatable bonds is 5. The Balaban J connectivity index is 4.55. The van der Waals surface area contributed by atoms with E-state index < -0.39 is 23.7 Å². The van der Waals surface area contributed by atoms with Crippen molar-refractivity contribution in [3.63, 3.8) is 0 Å². The van der Waals surface area contributed by atoms with Crippen molar-refractivity contribution < 1.29 is 24.6 Å². The van der Waals surface area contributed by atoms with Gasteiger partial charge in [0.25, 0.3) is 0 Å². The largest absolute Gasteiger partial charge is 0.480 e. The molecule has 0 saturated carbocycles. The number of nitrogens with zero attached hydrogens (tertiary/aromatic N) is 1. The van der Waals surface area contributed by atoms with E-state index in [4.69, 9.17) is 9.84 Å². The summed E-state index contributed by atoms with van der Waals surface area (Å²) in [6.07, 6.45) is 0.547. The lowest BCUT2D eigenvalue weighted by Crippen LogP contribution is -2.45. The van der Waals surface area contributed by atoms with Crippen LogP contribution in [0.1, 0.15) is 47.0 Å². The van der Waals surface area contributed by atoms with Gasteiger partial charge in [-0.1, -0.05) is 19.8 Å². The Morgan fingerprint density at radius 3 is 2.24 bits per heavy atom. The highest BCUT2D eigenvalue weighted by atomic mass is 16.6. The summed E-state index contributed by atoms with van der Waals surface area (Å²) in [5.41, 5.74) is -0.772. The molecule has 1 atom stereocenters. The Labute approximate surface area is 101 Å². The van der Waals surface area contributed by atoms with E-state index in [1.807, 2.05) is 6.92 Å². The Morgan fingerprint density at radius 2 is 1.88 bits per heavy atom. The number of carboxylic acids is 1. The molecule has 0 aliphatic heterocycles. The summed E-state index contributed by atoms with van der Waals surface area (Å²) in [4.78, 5) is 22.4. The molecule has 0 unspecified atom stereocenters. The highest BCUT2D eigenvalue weighted by Crippen LogP contribution is 2.13. The van der Waals surface area contributed by atoms with Gasteiger partial charge >= 0.3 is 12.1 Å². The summed E-state index contributed by atoms with van der Waals surface area (Å²) in [5, 5.41) is 18.6. The van der Waals surface area contributed by atoms with Crippen molar-refractivity contribution in [3.05, 3.63) is 0 Å². The van der Waals surface area contributed by atoms with Crippen LogP contribution >= 0.6 is 0 Å². The molecule has 6 heteroatoms. The van der Waals surface area contributed by atoms with E-state index in [9.17, 15) is 14.8 Å². The first-order valence-electron chi connectivity index (χ1n) is 5.63. The summed E-state index contributed by atoms with van der Waals surface area (Å²) >= 11 is 0. The smallest absolute Gasteiger partial charge is 0.435 e. The van der Waals surface area contributed by atoms with E-state index in [1.165, 1.54) is 0 Å². The van der Waals surface area contributed by atoms with Crippen LogP contribution in [-0.2, 0) is 9.53 Å². The monoisotopic (exact) mass is 247 g/mol. The fraction of sp³-hybridized carbons (Fsp3) is 0.818. The van der Waals surface area contributed by atoms with Crippen LogP contribution in [0.3, 0.4) is 0 Å². The van der Waals surface area contributed by atoms with E-state index >= 15 is 0 Å². The summed E-state index contributed by atoms with van der Waals surface area (Å²) in [6.45, 7) is 6.82. The fourth-order valence-corrected chi connectivity index (χ4v) is 1.18. The molecule has 0 aliphatic carbocycles. The predicted octanol–water partition coefficient (Wildman–Crippen LogP) is 2.26. The van der Waals surface area contributed by atoms with E-state index in [0.29, 0.717) is 6.42 Å². The van der Waals surface area contributed by atoms with Crippen LogP contribution in [0.2, 0.25) is 0 Å². The van der Waals surface area contributed by atoms with E-state index in [1.54, 1.807) is 20.8 Å². The van der Waals surface area contributed by atoms with Crippen molar-refractivity contribution in [3.8, 4) is 0 Å². The lowest BCUT2D eigenvalue weighted by Gasteiger charge is -2.26. The Bertz CT molecular complexity index is 272. The Kier molecular flexibility index (Phi) is 5.95. The predicted molar refractivity (Wildman–Crippen MR) is 60.8 cm³/mol. The first kappa shape index (κ1) is 15.7. The van der Waals surface area contributed by atoms with E-state index in [-0.39, 0.29) is 11.5 Å². The van der Waals surface area contributed by atoms with Gasteiger partial charge in [-0.15, -0.1) is 0 Å². The van der Waals surface area contributed by atoms with Crippen molar-refractivity contribution in [2.24, 2.45) is 0 Å². The number of ether oxygens (including phenoxy) is 1. The van der Waals surface area contributed by atoms with Crippen LogP contribution in [0.25, 0.3) is 0 Å². The van der Waals surface area contributed by atoms with Crippen LogP contribution in [0, 0.1) is 0 Å². The van der Waals surface area contributed by atoms with Gasteiger partial charge in [-0.05, 0) is 27.2 Å². The second kappa shape index (κ2) is 6.44. The van der Waals surface area contributed by atoms with Gasteiger partial charge in [-0.3, -0.25) is 5.21 Å². The second-order valence-corrected chi connectivity index (χ2v) is 4.82. The summed E-state index contributed by atoms with van der Waals surface area (Å²) in [5.74, 6) is -1.24. The molecular weight excluding hydrogens is 226 g/mol. The van der Waals surface area contributed by atoms with Crippen LogP contribution in [-0.4, -0.2) is 39.1 Å². The number of hydroxylamine groups is 2. The molecular formula is C11H21NO5. The number of hydrogen-bond acceptors (Lipinski definition) is 4. The standard InChI is InChI=1S/C11H21NO5/c1-5-6-7-8(9(13)14)12(16)10(15)17-11(2,3)4/h8,16H,5-7H2,1-4H3,(H,13,14)/t8-/m0/s1. The SMILES string of the molecule is CCCC[C@@H](C(=O)O)N(O)C(=O)OC(C)(C)C.